The first kappa shape index (κ1) is 26.0. The van der Waals surface area contributed by atoms with Gasteiger partial charge in [-0.1, -0.05) is 13.8 Å². The van der Waals surface area contributed by atoms with E-state index in [-0.39, 0.29) is 57.9 Å². The number of nitriles is 2. The third kappa shape index (κ3) is 6.38. The van der Waals surface area contributed by atoms with Crippen molar-refractivity contribution in [2.45, 2.75) is 33.4 Å². The predicted molar refractivity (Wildman–Crippen MR) is 128 cm³/mol. The summed E-state index contributed by atoms with van der Waals surface area (Å²) in [6.45, 7) is 5.58. The number of thiazole rings is 1. The zero-order chi connectivity index (χ0) is 24.5. The zero-order valence-electron chi connectivity index (χ0n) is 18.2. The van der Waals surface area contributed by atoms with Crippen LogP contribution in [0.5, 0.6) is 0 Å². The van der Waals surface area contributed by atoms with E-state index in [1.165, 1.54) is 17.0 Å². The number of hydrogen-bond donors (Lipinski definition) is 4. The van der Waals surface area contributed by atoms with Gasteiger partial charge >= 0.3 is 0 Å². The van der Waals surface area contributed by atoms with Gasteiger partial charge in [0.05, 0.1) is 23.2 Å². The third-order valence-electron chi connectivity index (χ3n) is 4.50. The molecule has 0 saturated carbocycles. The van der Waals surface area contributed by atoms with E-state index in [2.05, 4.69) is 41.8 Å². The molecule has 0 radical (unpaired) electrons. The number of aromatic nitrogens is 3. The number of nitrogens with zero attached hydrogens (tertiary/aromatic N) is 5. The Labute approximate surface area is 202 Å². The molecule has 0 fully saturated rings. The Balaban J connectivity index is 2.46. The van der Waals surface area contributed by atoms with Crippen LogP contribution in [-0.2, 0) is 11.3 Å². The first-order valence-corrected chi connectivity index (χ1v) is 11.5. The number of carbonyl (C=O) groups is 1. The quantitative estimate of drug-likeness (QED) is 0.325. The first-order valence-electron chi connectivity index (χ1n) is 9.93. The summed E-state index contributed by atoms with van der Waals surface area (Å²) in [6.07, 6.45) is 2.94. The standard InChI is InChI=1S/C20H23BrN8O3S/c1-4-29-18(32)15(33-19(29)12(7-23)17(31)24-6-5-22)9-26-20-25-8-13(21)16(28-20)27-14(10-30)11(2)3/h8-9,11,14,30H,4,6,10H2,1-3H3,(H,24,31)(H2,25,26,27,28)/b15-9+,19-12-/t14-/m0/s1. The minimum Gasteiger partial charge on any atom is -0.394 e. The normalized spacial score (nSPS) is 13.2. The van der Waals surface area contributed by atoms with Gasteiger partial charge in [-0.05, 0) is 28.8 Å². The van der Waals surface area contributed by atoms with E-state index in [1.54, 1.807) is 13.0 Å². The van der Waals surface area contributed by atoms with Crippen molar-refractivity contribution in [3.8, 4) is 12.1 Å². The average Bonchev–Trinajstić information content (AvgIpc) is 3.11. The molecule has 0 saturated heterocycles. The van der Waals surface area contributed by atoms with Crippen LogP contribution in [0, 0.1) is 28.6 Å². The average molecular weight is 535 g/mol. The summed E-state index contributed by atoms with van der Waals surface area (Å²) in [5.41, 5.74) is -0.634. The highest BCUT2D eigenvalue weighted by atomic mass is 79.9. The topological polar surface area (TPSA) is 169 Å². The number of aliphatic hydroxyl groups excluding tert-OH is 1. The van der Waals surface area contributed by atoms with Crippen molar-refractivity contribution < 1.29 is 9.90 Å². The largest absolute Gasteiger partial charge is 0.394 e. The number of carbonyl (C=O) groups excluding carboxylic acids is 1. The first-order chi connectivity index (χ1) is 15.8. The van der Waals surface area contributed by atoms with E-state index in [9.17, 15) is 20.0 Å². The van der Waals surface area contributed by atoms with Gasteiger partial charge in [0, 0.05) is 18.9 Å². The molecule has 33 heavy (non-hydrogen) atoms. The molecule has 1 atom stereocenters. The number of anilines is 2. The molecule has 0 aliphatic heterocycles. The lowest BCUT2D eigenvalue weighted by Gasteiger charge is -2.21. The molecule has 174 valence electrons. The molecule has 13 heteroatoms. The van der Waals surface area contributed by atoms with E-state index in [0.717, 1.165) is 11.3 Å². The van der Waals surface area contributed by atoms with Crippen molar-refractivity contribution >= 4 is 56.7 Å². The second-order valence-corrected chi connectivity index (χ2v) is 8.89. The van der Waals surface area contributed by atoms with Crippen molar-refractivity contribution in [1.82, 2.24) is 19.9 Å². The number of amides is 1. The molecule has 2 aromatic rings. The summed E-state index contributed by atoms with van der Waals surface area (Å²) in [7, 11) is 0. The number of hydrogen-bond acceptors (Lipinski definition) is 10. The Morgan fingerprint density at radius 1 is 1.42 bits per heavy atom. The molecular weight excluding hydrogens is 512 g/mol. The minimum atomic E-state index is -0.724. The number of rotatable bonds is 9. The molecule has 2 heterocycles. The second kappa shape index (κ2) is 12.1. The van der Waals surface area contributed by atoms with Crippen LogP contribution in [0.15, 0.2) is 15.5 Å². The molecule has 4 N–H and O–H groups in total. The summed E-state index contributed by atoms with van der Waals surface area (Å²) < 4.78 is 2.35. The van der Waals surface area contributed by atoms with Crippen LogP contribution >= 0.6 is 27.3 Å². The molecule has 11 nitrogen and oxygen atoms in total. The molecule has 0 unspecified atom stereocenters. The van der Waals surface area contributed by atoms with E-state index >= 15 is 0 Å². The van der Waals surface area contributed by atoms with Gasteiger partial charge < -0.3 is 21.1 Å². The Bertz CT molecular complexity index is 1270. The zero-order valence-corrected chi connectivity index (χ0v) is 20.6. The lowest BCUT2D eigenvalue weighted by molar-refractivity contribution is -0.115. The molecule has 2 aromatic heterocycles. The summed E-state index contributed by atoms with van der Waals surface area (Å²) in [6, 6.07) is 3.37. The van der Waals surface area contributed by atoms with Crippen LogP contribution in [0.1, 0.15) is 20.8 Å². The molecule has 0 bridgehead atoms. The fourth-order valence-corrected chi connectivity index (χ4v) is 4.05. The van der Waals surface area contributed by atoms with Crippen molar-refractivity contribution in [1.29, 1.82) is 10.5 Å². The summed E-state index contributed by atoms with van der Waals surface area (Å²) in [5, 5.41) is 36.0. The maximum absolute atomic E-state index is 12.8. The Hall–Kier alpha value is -3.26. The number of halogens is 1. The third-order valence-corrected chi connectivity index (χ3v) is 6.22. The van der Waals surface area contributed by atoms with Crippen LogP contribution in [0.3, 0.4) is 0 Å². The van der Waals surface area contributed by atoms with Gasteiger partial charge in [-0.3, -0.25) is 14.2 Å². The minimum absolute atomic E-state index is 0.0722. The highest BCUT2D eigenvalue weighted by Crippen LogP contribution is 2.22. The van der Waals surface area contributed by atoms with Crippen molar-refractivity contribution in [3.05, 3.63) is 30.2 Å². The van der Waals surface area contributed by atoms with Gasteiger partial charge in [0.2, 0.25) is 5.95 Å². The van der Waals surface area contributed by atoms with Crippen molar-refractivity contribution in [2.75, 3.05) is 23.8 Å². The lowest BCUT2D eigenvalue weighted by Crippen LogP contribution is -2.34. The maximum atomic E-state index is 12.8. The highest BCUT2D eigenvalue weighted by molar-refractivity contribution is 9.10. The van der Waals surface area contributed by atoms with Gasteiger partial charge in [-0.15, -0.1) is 11.3 Å². The summed E-state index contributed by atoms with van der Waals surface area (Å²) in [4.78, 5) is 33.5. The van der Waals surface area contributed by atoms with Crippen LogP contribution in [0.4, 0.5) is 11.8 Å². The number of aliphatic hydroxyl groups is 1. The van der Waals surface area contributed by atoms with Gasteiger partial charge in [-0.25, -0.2) is 4.98 Å². The maximum Gasteiger partial charge on any atom is 0.270 e. The van der Waals surface area contributed by atoms with Crippen LogP contribution in [0.25, 0.3) is 11.8 Å². The smallest absolute Gasteiger partial charge is 0.270 e. The Kier molecular flexibility index (Phi) is 9.54. The predicted octanol–water partition coefficient (Wildman–Crippen LogP) is 0.0752. The molecule has 0 aliphatic carbocycles. The monoisotopic (exact) mass is 534 g/mol. The van der Waals surface area contributed by atoms with Crippen LogP contribution < -0.4 is 30.7 Å². The fourth-order valence-electron chi connectivity index (χ4n) is 2.66. The summed E-state index contributed by atoms with van der Waals surface area (Å²) in [5.74, 6) is 0.112. The highest BCUT2D eigenvalue weighted by Gasteiger charge is 2.16. The van der Waals surface area contributed by atoms with E-state index in [0.29, 0.717) is 10.3 Å². The second-order valence-electron chi connectivity index (χ2n) is 7.00. The Morgan fingerprint density at radius 3 is 2.73 bits per heavy atom. The lowest BCUT2D eigenvalue weighted by atomic mass is 10.1. The van der Waals surface area contributed by atoms with Gasteiger partial charge in [0.25, 0.3) is 11.5 Å². The van der Waals surface area contributed by atoms with E-state index in [4.69, 9.17) is 5.26 Å². The Morgan fingerprint density at radius 2 is 2.15 bits per heavy atom. The van der Waals surface area contributed by atoms with Gasteiger partial charge in [-0.2, -0.15) is 15.5 Å². The summed E-state index contributed by atoms with van der Waals surface area (Å²) >= 11 is 4.34. The van der Waals surface area contributed by atoms with Crippen LogP contribution in [0.2, 0.25) is 0 Å². The van der Waals surface area contributed by atoms with Gasteiger partial charge in [0.1, 0.15) is 27.6 Å². The number of nitrogens with one attached hydrogen (secondary N) is 3. The van der Waals surface area contributed by atoms with Crippen molar-refractivity contribution in [3.63, 3.8) is 0 Å². The SMILES string of the molecule is CCn1c(=O)/c(=C\Nc2ncc(Br)c(N[C@@H](CO)C(C)C)n2)s/c1=C(/C#N)C(=O)NCC#N. The molecule has 0 aromatic carbocycles. The molecule has 1 amide bonds. The van der Waals surface area contributed by atoms with E-state index < -0.39 is 5.91 Å². The van der Waals surface area contributed by atoms with Gasteiger partial charge in [0.15, 0.2) is 5.57 Å². The fraction of sp³-hybridized carbons (Fsp3) is 0.400. The van der Waals surface area contributed by atoms with E-state index in [1.807, 2.05) is 19.9 Å². The molecule has 0 aliphatic rings. The van der Waals surface area contributed by atoms with Crippen molar-refractivity contribution in [2.24, 2.45) is 5.92 Å². The molecule has 0 spiro atoms. The molecule has 2 rings (SSSR count). The molecular formula is C20H23BrN8O3S. The van der Waals surface area contributed by atoms with Crippen LogP contribution in [-0.4, -0.2) is 44.7 Å².